The molecule has 0 amide bonds. The van der Waals surface area contributed by atoms with Crippen LogP contribution in [0.3, 0.4) is 0 Å². The highest BCUT2D eigenvalue weighted by Crippen LogP contribution is 2.60. The second-order valence-corrected chi connectivity index (χ2v) is 9.57. The summed E-state index contributed by atoms with van der Waals surface area (Å²) >= 11 is 3.20. The van der Waals surface area contributed by atoms with Gasteiger partial charge in [-0.2, -0.15) is 13.2 Å². The van der Waals surface area contributed by atoms with E-state index in [1.54, 1.807) is 0 Å². The van der Waals surface area contributed by atoms with Crippen LogP contribution < -0.4 is 0 Å². The molecule has 9 heteroatoms. The van der Waals surface area contributed by atoms with E-state index in [0.29, 0.717) is 31.0 Å². The molecule has 1 saturated carbocycles. The molecule has 3 fully saturated rings. The Kier molecular flexibility index (Phi) is 6.21. The van der Waals surface area contributed by atoms with Gasteiger partial charge in [0.15, 0.2) is 12.1 Å². The van der Waals surface area contributed by atoms with Gasteiger partial charge < -0.3 is 24.4 Å². The maximum Gasteiger partial charge on any atom is 0.443 e. The fourth-order valence-electron chi connectivity index (χ4n) is 5.43. The number of halogens is 4. The summed E-state index contributed by atoms with van der Waals surface area (Å²) in [6.07, 6.45) is -4.27. The lowest BCUT2D eigenvalue weighted by Gasteiger charge is -2.60. The highest BCUT2D eigenvalue weighted by molar-refractivity contribution is 9.09. The van der Waals surface area contributed by atoms with Gasteiger partial charge in [-0.05, 0) is 44.4 Å². The first-order chi connectivity index (χ1) is 12.9. The molecule has 28 heavy (non-hydrogen) atoms. The topological polar surface area (TPSA) is 68.2 Å². The van der Waals surface area contributed by atoms with Crippen molar-refractivity contribution >= 4 is 15.9 Å². The fraction of sp³-hybridized carbons (Fsp3) is 1.00. The van der Waals surface area contributed by atoms with E-state index < -0.39 is 41.5 Å². The van der Waals surface area contributed by atoms with Gasteiger partial charge in [-0.25, -0.2) is 0 Å². The molecule has 0 radical (unpaired) electrons. The third kappa shape index (κ3) is 3.54. The summed E-state index contributed by atoms with van der Waals surface area (Å²) in [4.78, 5) is 0. The number of hydrogen-bond donors (Lipinski definition) is 2. The van der Waals surface area contributed by atoms with Crippen molar-refractivity contribution in [2.75, 3.05) is 11.9 Å². The van der Waals surface area contributed by atoms with E-state index in [9.17, 15) is 23.4 Å². The second kappa shape index (κ2) is 7.64. The molecule has 0 aromatic heterocycles. The minimum absolute atomic E-state index is 0.0877. The molecule has 0 spiro atoms. The molecule has 8 atom stereocenters. The van der Waals surface area contributed by atoms with Gasteiger partial charge in [-0.3, -0.25) is 0 Å². The van der Waals surface area contributed by atoms with E-state index in [-0.39, 0.29) is 24.9 Å². The van der Waals surface area contributed by atoms with Crippen molar-refractivity contribution in [3.05, 3.63) is 0 Å². The monoisotopic (exact) mass is 474 g/mol. The maximum atomic E-state index is 14.3. The van der Waals surface area contributed by atoms with Crippen molar-refractivity contribution in [2.45, 2.75) is 82.5 Å². The molecule has 0 aromatic rings. The summed E-state index contributed by atoms with van der Waals surface area (Å²) in [6, 6.07) is 0. The van der Waals surface area contributed by atoms with Gasteiger partial charge in [0.1, 0.15) is 5.60 Å². The summed E-state index contributed by atoms with van der Waals surface area (Å²) < 4.78 is 59.3. The molecule has 0 bridgehead atoms. The molecule has 2 N–H and O–H groups in total. The summed E-state index contributed by atoms with van der Waals surface area (Å²) in [5, 5.41) is 22.7. The minimum Gasteiger partial charge on any atom is -0.384 e. The van der Waals surface area contributed by atoms with Crippen LogP contribution in [0, 0.1) is 23.7 Å². The third-order valence-corrected chi connectivity index (χ3v) is 7.50. The first-order valence-electron chi connectivity index (χ1n) is 9.96. The van der Waals surface area contributed by atoms with Crippen LogP contribution in [0.15, 0.2) is 0 Å². The molecule has 5 nitrogen and oxygen atoms in total. The zero-order valence-electron chi connectivity index (χ0n) is 16.5. The molecule has 164 valence electrons. The number of aliphatic hydroxyl groups is 2. The van der Waals surface area contributed by atoms with E-state index >= 15 is 0 Å². The average Bonchev–Trinajstić information content (AvgIpc) is 2.67. The van der Waals surface area contributed by atoms with E-state index in [2.05, 4.69) is 15.9 Å². The Labute approximate surface area is 172 Å². The molecule has 1 aliphatic carbocycles. The second-order valence-electron chi connectivity index (χ2n) is 8.78. The molecule has 3 aliphatic rings. The number of alkyl halides is 4. The van der Waals surface area contributed by atoms with Crippen LogP contribution in [0.2, 0.25) is 0 Å². The van der Waals surface area contributed by atoms with Crippen LogP contribution in [0.5, 0.6) is 0 Å². The van der Waals surface area contributed by atoms with Crippen LogP contribution in [0.25, 0.3) is 0 Å². The van der Waals surface area contributed by atoms with Crippen molar-refractivity contribution in [3.63, 3.8) is 0 Å². The zero-order chi connectivity index (χ0) is 21.0. The third-order valence-electron chi connectivity index (χ3n) is 6.94. The highest BCUT2D eigenvalue weighted by Gasteiger charge is 2.74. The van der Waals surface area contributed by atoms with E-state index in [4.69, 9.17) is 14.2 Å². The van der Waals surface area contributed by atoms with Gasteiger partial charge >= 0.3 is 6.18 Å². The maximum absolute atomic E-state index is 14.3. The standard InChI is InChI=1S/C19H30BrF3O5/c1-11-5-6-14-12(2)18(19(21,22)23,26-10-4-9-20)28-15-17(14,25)13(11)7-8-16(3,24)27-15/h11-15,24-25H,4-10H2,1-3H3/t11-,12-,13+,14+,15?,16-,17-,18-/m1/s1. The number of ether oxygens (including phenoxy) is 3. The lowest BCUT2D eigenvalue weighted by molar-refractivity contribution is -0.495. The Morgan fingerprint density at radius 1 is 1.11 bits per heavy atom. The molecular formula is C19H30BrF3O5. The van der Waals surface area contributed by atoms with Crippen LogP contribution >= 0.6 is 15.9 Å². The summed E-state index contributed by atoms with van der Waals surface area (Å²) in [5.74, 6) is -6.64. The van der Waals surface area contributed by atoms with Crippen molar-refractivity contribution < 1.29 is 37.6 Å². The predicted molar refractivity (Wildman–Crippen MR) is 98.5 cm³/mol. The Morgan fingerprint density at radius 2 is 1.79 bits per heavy atom. The molecule has 2 aliphatic heterocycles. The Hall–Kier alpha value is 0.0700. The van der Waals surface area contributed by atoms with Crippen molar-refractivity contribution in [2.24, 2.45) is 23.7 Å². The number of hydrogen-bond acceptors (Lipinski definition) is 5. The van der Waals surface area contributed by atoms with Crippen molar-refractivity contribution in [3.8, 4) is 0 Å². The van der Waals surface area contributed by atoms with Crippen molar-refractivity contribution in [1.82, 2.24) is 0 Å². The molecule has 1 unspecified atom stereocenters. The van der Waals surface area contributed by atoms with E-state index in [1.807, 2.05) is 6.92 Å². The first kappa shape index (κ1) is 22.7. The highest BCUT2D eigenvalue weighted by atomic mass is 79.9. The average molecular weight is 475 g/mol. The van der Waals surface area contributed by atoms with Crippen LogP contribution in [-0.4, -0.2) is 51.8 Å². The lowest BCUT2D eigenvalue weighted by atomic mass is 9.57. The van der Waals surface area contributed by atoms with Crippen LogP contribution in [-0.2, 0) is 14.2 Å². The molecular weight excluding hydrogens is 445 g/mol. The SMILES string of the molecule is C[C@@H]1CC[C@H]2[C@@H](C)[C@](OCCCBr)(C(F)(F)F)OC3O[C@@](C)(O)CC[C@@H]1[C@]32O. The fourth-order valence-corrected chi connectivity index (χ4v) is 5.66. The first-order valence-corrected chi connectivity index (χ1v) is 11.1. The van der Waals surface area contributed by atoms with Gasteiger partial charge in [-0.1, -0.05) is 29.8 Å². The Balaban J connectivity index is 2.07. The lowest BCUT2D eigenvalue weighted by Crippen LogP contribution is -2.73. The molecule has 3 rings (SSSR count). The largest absolute Gasteiger partial charge is 0.443 e. The van der Waals surface area contributed by atoms with E-state index in [0.717, 1.165) is 0 Å². The zero-order valence-corrected chi connectivity index (χ0v) is 18.1. The summed E-state index contributed by atoms with van der Waals surface area (Å²) in [6.45, 7) is 4.67. The van der Waals surface area contributed by atoms with E-state index in [1.165, 1.54) is 13.8 Å². The van der Waals surface area contributed by atoms with Crippen LogP contribution in [0.4, 0.5) is 13.2 Å². The smallest absolute Gasteiger partial charge is 0.384 e. The Bertz CT molecular complexity index is 574. The van der Waals surface area contributed by atoms with Crippen molar-refractivity contribution in [1.29, 1.82) is 0 Å². The minimum atomic E-state index is -4.82. The quantitative estimate of drug-likeness (QED) is 0.476. The normalized spacial score (nSPS) is 49.4. The van der Waals surface area contributed by atoms with Gasteiger partial charge in [0, 0.05) is 23.6 Å². The molecule has 2 heterocycles. The molecule has 2 saturated heterocycles. The number of rotatable bonds is 4. The van der Waals surface area contributed by atoms with Gasteiger partial charge in [0.25, 0.3) is 5.79 Å². The van der Waals surface area contributed by atoms with Gasteiger partial charge in [0.2, 0.25) is 0 Å². The summed E-state index contributed by atoms with van der Waals surface area (Å²) in [5.41, 5.74) is -1.61. The Morgan fingerprint density at radius 3 is 2.39 bits per heavy atom. The van der Waals surface area contributed by atoms with Crippen LogP contribution in [0.1, 0.15) is 52.9 Å². The molecule has 0 aromatic carbocycles. The summed E-state index contributed by atoms with van der Waals surface area (Å²) in [7, 11) is 0. The van der Waals surface area contributed by atoms with Gasteiger partial charge in [0.05, 0.1) is 6.61 Å². The van der Waals surface area contributed by atoms with Gasteiger partial charge in [-0.15, -0.1) is 0 Å². The predicted octanol–water partition coefficient (Wildman–Crippen LogP) is 3.95.